The number of carbonyl (C=O) groups is 1. The number of nitrogens with one attached hydrogen (secondary N) is 1. The van der Waals surface area contributed by atoms with E-state index in [4.69, 9.17) is 10.2 Å². The number of hydrogen-bond donors (Lipinski definition) is 3. The van der Waals surface area contributed by atoms with E-state index in [-0.39, 0.29) is 18.2 Å². The van der Waals surface area contributed by atoms with Crippen LogP contribution in [0.15, 0.2) is 12.1 Å². The number of pyridine rings is 1. The Morgan fingerprint density at radius 2 is 2.22 bits per heavy atom. The second-order valence-corrected chi connectivity index (χ2v) is 4.30. The van der Waals surface area contributed by atoms with Crippen molar-refractivity contribution in [2.24, 2.45) is 0 Å². The van der Waals surface area contributed by atoms with Gasteiger partial charge in [-0.25, -0.2) is 9.78 Å². The Bertz CT molecular complexity index is 407. The van der Waals surface area contributed by atoms with Crippen molar-refractivity contribution in [2.45, 2.75) is 39.2 Å². The van der Waals surface area contributed by atoms with Crippen LogP contribution in [0.3, 0.4) is 0 Å². The summed E-state index contributed by atoms with van der Waals surface area (Å²) in [7, 11) is 0. The Balaban J connectivity index is 2.81. The predicted octanol–water partition coefficient (Wildman–Crippen LogP) is 1.92. The van der Waals surface area contributed by atoms with Crippen molar-refractivity contribution in [3.63, 3.8) is 0 Å². The molecular weight excluding hydrogens is 232 g/mol. The number of aliphatic hydroxyl groups is 1. The molecule has 0 saturated heterocycles. The molecule has 1 aromatic heterocycles. The fourth-order valence-corrected chi connectivity index (χ4v) is 1.69. The van der Waals surface area contributed by atoms with Gasteiger partial charge in [-0.15, -0.1) is 0 Å². The summed E-state index contributed by atoms with van der Waals surface area (Å²) in [4.78, 5) is 15.3. The molecule has 0 aliphatic heterocycles. The lowest BCUT2D eigenvalue weighted by Gasteiger charge is -2.15. The maximum atomic E-state index is 11.0. The summed E-state index contributed by atoms with van der Waals surface area (Å²) in [5, 5.41) is 20.9. The molecular formula is C13H20N2O3. The number of carboxylic acid groups (broad SMARTS) is 1. The molecule has 5 nitrogen and oxygen atoms in total. The molecule has 0 aromatic carbocycles. The van der Waals surface area contributed by atoms with Gasteiger partial charge in [0.1, 0.15) is 5.82 Å². The first kappa shape index (κ1) is 14.4. The topological polar surface area (TPSA) is 82.5 Å². The van der Waals surface area contributed by atoms with Crippen LogP contribution >= 0.6 is 0 Å². The average Bonchev–Trinajstić information content (AvgIpc) is 2.35. The summed E-state index contributed by atoms with van der Waals surface area (Å²) < 4.78 is 0. The Kier molecular flexibility index (Phi) is 5.58. The summed E-state index contributed by atoms with van der Waals surface area (Å²) in [6.45, 7) is 4.08. The molecule has 18 heavy (non-hydrogen) atoms. The van der Waals surface area contributed by atoms with Gasteiger partial charge in [-0.1, -0.05) is 6.92 Å². The molecule has 0 aliphatic carbocycles. The van der Waals surface area contributed by atoms with Gasteiger partial charge in [-0.05, 0) is 38.3 Å². The van der Waals surface area contributed by atoms with Gasteiger partial charge in [0.25, 0.3) is 0 Å². The summed E-state index contributed by atoms with van der Waals surface area (Å²) in [5.41, 5.74) is 1.01. The number of hydrogen-bond acceptors (Lipinski definition) is 4. The molecule has 1 rings (SSSR count). The predicted molar refractivity (Wildman–Crippen MR) is 70.0 cm³/mol. The third-order valence-electron chi connectivity index (χ3n) is 2.68. The number of aliphatic hydroxyl groups excluding tert-OH is 1. The number of carboxylic acids is 1. The molecule has 0 spiro atoms. The zero-order valence-electron chi connectivity index (χ0n) is 10.8. The third kappa shape index (κ3) is 4.33. The normalized spacial score (nSPS) is 12.2. The molecule has 0 fully saturated rings. The van der Waals surface area contributed by atoms with Gasteiger partial charge in [0.2, 0.25) is 0 Å². The minimum Gasteiger partial charge on any atom is -0.478 e. The second kappa shape index (κ2) is 6.96. The first-order valence-corrected chi connectivity index (χ1v) is 6.18. The molecule has 0 radical (unpaired) electrons. The third-order valence-corrected chi connectivity index (χ3v) is 2.68. The molecule has 3 N–H and O–H groups in total. The molecule has 1 aromatic rings. The van der Waals surface area contributed by atoms with E-state index in [1.807, 2.05) is 13.8 Å². The maximum absolute atomic E-state index is 11.0. The summed E-state index contributed by atoms with van der Waals surface area (Å²) in [6, 6.07) is 3.28. The number of aryl methyl sites for hydroxylation is 1. The van der Waals surface area contributed by atoms with E-state index in [1.54, 1.807) is 6.07 Å². The fraction of sp³-hybridized carbons (Fsp3) is 0.538. The highest BCUT2D eigenvalue weighted by Crippen LogP contribution is 2.13. The SMILES string of the molecule is CCc1cc(C(=O)O)cc(NC(C)CCCO)n1. The summed E-state index contributed by atoms with van der Waals surface area (Å²) >= 11 is 0. The largest absolute Gasteiger partial charge is 0.478 e. The second-order valence-electron chi connectivity index (χ2n) is 4.30. The van der Waals surface area contributed by atoms with Crippen molar-refractivity contribution in [2.75, 3.05) is 11.9 Å². The molecule has 0 saturated carbocycles. The van der Waals surface area contributed by atoms with Gasteiger partial charge < -0.3 is 15.5 Å². The van der Waals surface area contributed by atoms with Crippen LogP contribution in [0.5, 0.6) is 0 Å². The minimum absolute atomic E-state index is 0.151. The highest BCUT2D eigenvalue weighted by atomic mass is 16.4. The van der Waals surface area contributed by atoms with Crippen molar-refractivity contribution in [3.8, 4) is 0 Å². The van der Waals surface area contributed by atoms with E-state index in [0.717, 1.165) is 12.1 Å². The quantitative estimate of drug-likeness (QED) is 0.690. The van der Waals surface area contributed by atoms with E-state index in [1.165, 1.54) is 6.07 Å². The van der Waals surface area contributed by atoms with Gasteiger partial charge in [-0.2, -0.15) is 0 Å². The van der Waals surface area contributed by atoms with Crippen LogP contribution in [-0.4, -0.2) is 33.8 Å². The Morgan fingerprint density at radius 1 is 1.50 bits per heavy atom. The Hall–Kier alpha value is -1.62. The molecule has 0 aliphatic rings. The van der Waals surface area contributed by atoms with Crippen molar-refractivity contribution in [1.29, 1.82) is 0 Å². The first-order chi connectivity index (χ1) is 8.56. The van der Waals surface area contributed by atoms with Crippen molar-refractivity contribution >= 4 is 11.8 Å². The Morgan fingerprint density at radius 3 is 2.78 bits per heavy atom. The molecule has 0 bridgehead atoms. The zero-order chi connectivity index (χ0) is 13.5. The van der Waals surface area contributed by atoms with Crippen LogP contribution in [0.4, 0.5) is 5.82 Å². The van der Waals surface area contributed by atoms with E-state index >= 15 is 0 Å². The van der Waals surface area contributed by atoms with Gasteiger partial charge in [0, 0.05) is 18.3 Å². The minimum atomic E-state index is -0.946. The van der Waals surface area contributed by atoms with Gasteiger partial charge >= 0.3 is 5.97 Å². The molecule has 5 heteroatoms. The van der Waals surface area contributed by atoms with E-state index < -0.39 is 5.97 Å². The Labute approximate surface area is 107 Å². The number of rotatable bonds is 7. The van der Waals surface area contributed by atoms with Crippen LogP contribution in [0, 0.1) is 0 Å². The van der Waals surface area contributed by atoms with Crippen molar-refractivity contribution in [1.82, 2.24) is 4.98 Å². The molecule has 1 atom stereocenters. The van der Waals surface area contributed by atoms with E-state index in [2.05, 4.69) is 10.3 Å². The smallest absolute Gasteiger partial charge is 0.335 e. The zero-order valence-corrected chi connectivity index (χ0v) is 10.8. The van der Waals surface area contributed by atoms with Crippen molar-refractivity contribution in [3.05, 3.63) is 23.4 Å². The highest BCUT2D eigenvalue weighted by Gasteiger charge is 2.09. The number of aromatic nitrogens is 1. The highest BCUT2D eigenvalue weighted by molar-refractivity contribution is 5.88. The monoisotopic (exact) mass is 252 g/mol. The maximum Gasteiger partial charge on any atom is 0.335 e. The number of anilines is 1. The number of nitrogens with zero attached hydrogens (tertiary/aromatic N) is 1. The molecule has 0 amide bonds. The fourth-order valence-electron chi connectivity index (χ4n) is 1.69. The summed E-state index contributed by atoms with van der Waals surface area (Å²) in [5.74, 6) is -0.365. The molecule has 1 unspecified atom stereocenters. The number of aromatic carboxylic acids is 1. The lowest BCUT2D eigenvalue weighted by atomic mass is 10.1. The average molecular weight is 252 g/mol. The van der Waals surface area contributed by atoms with Crippen LogP contribution in [0.1, 0.15) is 42.7 Å². The lowest BCUT2D eigenvalue weighted by Crippen LogP contribution is -2.17. The standard InChI is InChI=1S/C13H20N2O3/c1-3-11-7-10(13(17)18)8-12(15-11)14-9(2)5-4-6-16/h7-9,16H,3-6H2,1-2H3,(H,14,15)(H,17,18). The lowest BCUT2D eigenvalue weighted by molar-refractivity contribution is 0.0696. The van der Waals surface area contributed by atoms with Gasteiger partial charge in [-0.3, -0.25) is 0 Å². The van der Waals surface area contributed by atoms with Gasteiger partial charge in [0.15, 0.2) is 0 Å². The van der Waals surface area contributed by atoms with Gasteiger partial charge in [0.05, 0.1) is 5.56 Å². The van der Waals surface area contributed by atoms with Crippen molar-refractivity contribution < 1.29 is 15.0 Å². The van der Waals surface area contributed by atoms with Crippen LogP contribution in [0.2, 0.25) is 0 Å². The first-order valence-electron chi connectivity index (χ1n) is 6.18. The van der Waals surface area contributed by atoms with Crippen LogP contribution in [-0.2, 0) is 6.42 Å². The van der Waals surface area contributed by atoms with Crippen LogP contribution < -0.4 is 5.32 Å². The molecule has 100 valence electrons. The molecule has 1 heterocycles. The van der Waals surface area contributed by atoms with Crippen LogP contribution in [0.25, 0.3) is 0 Å². The van der Waals surface area contributed by atoms with E-state index in [0.29, 0.717) is 18.7 Å². The summed E-state index contributed by atoms with van der Waals surface area (Å²) in [6.07, 6.45) is 2.23. The van der Waals surface area contributed by atoms with E-state index in [9.17, 15) is 4.79 Å².